The molecule has 0 saturated carbocycles. The van der Waals surface area contributed by atoms with Crippen LogP contribution in [0.4, 0.5) is 18.9 Å². The molecule has 2 aromatic rings. The molecule has 1 aliphatic rings. The second-order valence-corrected chi connectivity index (χ2v) is 6.19. The molecule has 7 heteroatoms. The summed E-state index contributed by atoms with van der Waals surface area (Å²) < 4.78 is 44.5. The van der Waals surface area contributed by atoms with E-state index in [2.05, 4.69) is 0 Å². The van der Waals surface area contributed by atoms with Crippen molar-refractivity contribution >= 4 is 11.6 Å². The molecule has 4 nitrogen and oxygen atoms in total. The molecule has 1 amide bonds. The fraction of sp³-hybridized carbons (Fsp3) is 0.316. The van der Waals surface area contributed by atoms with E-state index in [-0.39, 0.29) is 24.1 Å². The van der Waals surface area contributed by atoms with E-state index in [1.165, 1.54) is 12.1 Å². The number of nitrogens with zero attached hydrogens (tertiary/aromatic N) is 1. The first-order valence-electron chi connectivity index (χ1n) is 8.30. The minimum absolute atomic E-state index is 0.0809. The summed E-state index contributed by atoms with van der Waals surface area (Å²) in [5.41, 5.74) is 5.65. The Balaban J connectivity index is 1.69. The molecule has 0 unspecified atom stereocenters. The van der Waals surface area contributed by atoms with Gasteiger partial charge in [0, 0.05) is 17.8 Å². The lowest BCUT2D eigenvalue weighted by Gasteiger charge is -2.24. The van der Waals surface area contributed by atoms with Gasteiger partial charge in [0.05, 0.1) is 5.56 Å². The van der Waals surface area contributed by atoms with Crippen molar-refractivity contribution in [1.29, 1.82) is 0 Å². The predicted octanol–water partition coefficient (Wildman–Crippen LogP) is 3.74. The SMILES string of the molecule is NC(=O)[C@H]1CCCN1c1ccc(OCc2ccccc2C(F)(F)F)cc1. The Hall–Kier alpha value is -2.70. The summed E-state index contributed by atoms with van der Waals surface area (Å²) in [4.78, 5) is 13.4. The molecule has 26 heavy (non-hydrogen) atoms. The average Bonchev–Trinajstić information content (AvgIpc) is 3.10. The number of alkyl halides is 3. The third-order valence-electron chi connectivity index (χ3n) is 4.47. The molecule has 0 radical (unpaired) electrons. The first-order valence-corrected chi connectivity index (χ1v) is 8.30. The van der Waals surface area contributed by atoms with Crippen LogP contribution in [0.2, 0.25) is 0 Å². The van der Waals surface area contributed by atoms with Crippen LogP contribution in [0.3, 0.4) is 0 Å². The van der Waals surface area contributed by atoms with Crippen LogP contribution < -0.4 is 15.4 Å². The summed E-state index contributed by atoms with van der Waals surface area (Å²) in [5, 5.41) is 0. The van der Waals surface area contributed by atoms with Crippen molar-refractivity contribution in [2.45, 2.75) is 31.7 Å². The van der Waals surface area contributed by atoms with Gasteiger partial charge in [-0.1, -0.05) is 18.2 Å². The number of benzene rings is 2. The molecule has 1 fully saturated rings. The van der Waals surface area contributed by atoms with Crippen molar-refractivity contribution in [2.75, 3.05) is 11.4 Å². The van der Waals surface area contributed by atoms with E-state index in [1.54, 1.807) is 30.3 Å². The van der Waals surface area contributed by atoms with Crippen LogP contribution in [0.5, 0.6) is 5.75 Å². The van der Waals surface area contributed by atoms with Gasteiger partial charge < -0.3 is 15.4 Å². The van der Waals surface area contributed by atoms with Crippen LogP contribution in [0.15, 0.2) is 48.5 Å². The minimum atomic E-state index is -4.41. The third-order valence-corrected chi connectivity index (χ3v) is 4.47. The standard InChI is InChI=1S/C19H19F3N2O2/c20-19(21,22)16-5-2-1-4-13(16)12-26-15-9-7-14(8-10-15)24-11-3-6-17(24)18(23)25/h1-2,4-5,7-10,17H,3,6,11-12H2,(H2,23,25)/t17-/m1/s1. The quantitative estimate of drug-likeness (QED) is 0.879. The molecule has 2 N–H and O–H groups in total. The van der Waals surface area contributed by atoms with E-state index >= 15 is 0 Å². The van der Waals surface area contributed by atoms with Gasteiger partial charge in [0.25, 0.3) is 0 Å². The number of nitrogens with two attached hydrogens (primary N) is 1. The van der Waals surface area contributed by atoms with Crippen molar-refractivity contribution in [1.82, 2.24) is 0 Å². The number of ether oxygens (including phenoxy) is 1. The molecular formula is C19H19F3N2O2. The summed E-state index contributed by atoms with van der Waals surface area (Å²) in [7, 11) is 0. The van der Waals surface area contributed by atoms with Crippen molar-refractivity contribution in [3.63, 3.8) is 0 Å². The third kappa shape index (κ3) is 3.92. The smallest absolute Gasteiger partial charge is 0.416 e. The molecule has 2 aromatic carbocycles. The zero-order valence-electron chi connectivity index (χ0n) is 14.0. The number of rotatable bonds is 5. The molecule has 0 spiro atoms. The highest BCUT2D eigenvalue weighted by atomic mass is 19.4. The number of primary amides is 1. The molecule has 3 rings (SSSR count). The van der Waals surface area contributed by atoms with Crippen molar-refractivity contribution in [3.05, 3.63) is 59.7 Å². The second-order valence-electron chi connectivity index (χ2n) is 6.19. The van der Waals surface area contributed by atoms with Crippen LogP contribution in [-0.2, 0) is 17.6 Å². The second kappa shape index (κ2) is 7.27. The molecule has 1 aliphatic heterocycles. The number of anilines is 1. The van der Waals surface area contributed by atoms with Crippen LogP contribution in [0.1, 0.15) is 24.0 Å². The number of carbonyl (C=O) groups excluding carboxylic acids is 1. The van der Waals surface area contributed by atoms with Crippen molar-refractivity contribution in [2.24, 2.45) is 5.73 Å². The number of amides is 1. The minimum Gasteiger partial charge on any atom is -0.489 e. The molecule has 1 heterocycles. The van der Waals surface area contributed by atoms with E-state index in [4.69, 9.17) is 10.5 Å². The van der Waals surface area contributed by atoms with Crippen molar-refractivity contribution < 1.29 is 22.7 Å². The highest BCUT2D eigenvalue weighted by molar-refractivity contribution is 5.84. The molecule has 0 aromatic heterocycles. The van der Waals surface area contributed by atoms with Gasteiger partial charge in [0.2, 0.25) is 5.91 Å². The maximum atomic E-state index is 13.0. The lowest BCUT2D eigenvalue weighted by molar-refractivity contribution is -0.138. The molecule has 1 atom stereocenters. The van der Waals surface area contributed by atoms with Crippen LogP contribution in [-0.4, -0.2) is 18.5 Å². The van der Waals surface area contributed by atoms with E-state index < -0.39 is 11.7 Å². The van der Waals surface area contributed by atoms with Gasteiger partial charge in [-0.05, 0) is 43.2 Å². The fourth-order valence-corrected chi connectivity index (χ4v) is 3.19. The predicted molar refractivity (Wildman–Crippen MR) is 91.8 cm³/mol. The highest BCUT2D eigenvalue weighted by Gasteiger charge is 2.33. The van der Waals surface area contributed by atoms with Gasteiger partial charge in [0.15, 0.2) is 0 Å². The Morgan fingerprint density at radius 3 is 2.50 bits per heavy atom. The molecule has 138 valence electrons. The van der Waals surface area contributed by atoms with Crippen LogP contribution in [0, 0.1) is 0 Å². The number of halogens is 3. The summed E-state index contributed by atoms with van der Waals surface area (Å²) in [6, 6.07) is 12.0. The lowest BCUT2D eigenvalue weighted by atomic mass is 10.1. The zero-order valence-corrected chi connectivity index (χ0v) is 14.0. The number of hydrogen-bond donors (Lipinski definition) is 1. The Labute approximate surface area is 149 Å². The highest BCUT2D eigenvalue weighted by Crippen LogP contribution is 2.32. The summed E-state index contributed by atoms with van der Waals surface area (Å²) in [5.74, 6) is 0.104. The summed E-state index contributed by atoms with van der Waals surface area (Å²) in [6.45, 7) is 0.565. The number of carbonyl (C=O) groups is 1. The van der Waals surface area contributed by atoms with Crippen molar-refractivity contribution in [3.8, 4) is 5.75 Å². The van der Waals surface area contributed by atoms with Gasteiger partial charge in [-0.3, -0.25) is 4.79 Å². The topological polar surface area (TPSA) is 55.6 Å². The fourth-order valence-electron chi connectivity index (χ4n) is 3.19. The largest absolute Gasteiger partial charge is 0.489 e. The Morgan fingerprint density at radius 1 is 1.15 bits per heavy atom. The molecule has 0 aliphatic carbocycles. The molecule has 0 bridgehead atoms. The summed E-state index contributed by atoms with van der Waals surface area (Å²) in [6.07, 6.45) is -2.80. The summed E-state index contributed by atoms with van der Waals surface area (Å²) >= 11 is 0. The van der Waals surface area contributed by atoms with E-state index in [9.17, 15) is 18.0 Å². The van der Waals surface area contributed by atoms with E-state index in [0.29, 0.717) is 5.75 Å². The average molecular weight is 364 g/mol. The maximum Gasteiger partial charge on any atom is 0.416 e. The van der Waals surface area contributed by atoms with Crippen LogP contribution >= 0.6 is 0 Å². The van der Waals surface area contributed by atoms with E-state index in [1.807, 2.05) is 4.90 Å². The normalized spacial score (nSPS) is 17.3. The lowest BCUT2D eigenvalue weighted by Crippen LogP contribution is -2.40. The maximum absolute atomic E-state index is 13.0. The monoisotopic (exact) mass is 364 g/mol. The number of hydrogen-bond acceptors (Lipinski definition) is 3. The molecule has 1 saturated heterocycles. The zero-order chi connectivity index (χ0) is 18.7. The Morgan fingerprint density at radius 2 is 1.85 bits per heavy atom. The Kier molecular flexibility index (Phi) is 5.06. The first-order chi connectivity index (χ1) is 12.4. The van der Waals surface area contributed by atoms with Gasteiger partial charge in [-0.2, -0.15) is 13.2 Å². The molecular weight excluding hydrogens is 345 g/mol. The van der Waals surface area contributed by atoms with Crippen LogP contribution in [0.25, 0.3) is 0 Å². The van der Waals surface area contributed by atoms with Gasteiger partial charge in [-0.15, -0.1) is 0 Å². The van der Waals surface area contributed by atoms with E-state index in [0.717, 1.165) is 31.1 Å². The Bertz CT molecular complexity index is 775. The van der Waals surface area contributed by atoms with Gasteiger partial charge in [0.1, 0.15) is 18.4 Å². The van der Waals surface area contributed by atoms with Gasteiger partial charge >= 0.3 is 6.18 Å². The first kappa shape index (κ1) is 18.1. The van der Waals surface area contributed by atoms with Gasteiger partial charge in [-0.25, -0.2) is 0 Å².